The van der Waals surface area contributed by atoms with Gasteiger partial charge in [-0.25, -0.2) is 0 Å². The SMILES string of the molecule is CC(C)C1(CNCC2(N)CC2)CC1. The molecule has 2 nitrogen and oxygen atoms in total. The highest BCUT2D eigenvalue weighted by molar-refractivity contribution is 5.02. The lowest BCUT2D eigenvalue weighted by Gasteiger charge is -2.21. The van der Waals surface area contributed by atoms with Crippen LogP contribution in [0.2, 0.25) is 0 Å². The fourth-order valence-electron chi connectivity index (χ4n) is 2.02. The average molecular weight is 182 g/mol. The molecule has 0 heterocycles. The van der Waals surface area contributed by atoms with Crippen LogP contribution in [0.25, 0.3) is 0 Å². The minimum Gasteiger partial charge on any atom is -0.324 e. The van der Waals surface area contributed by atoms with E-state index >= 15 is 0 Å². The van der Waals surface area contributed by atoms with Crippen molar-refractivity contribution in [3.8, 4) is 0 Å². The van der Waals surface area contributed by atoms with E-state index in [0.717, 1.165) is 12.5 Å². The second-order valence-corrected chi connectivity index (χ2v) is 5.48. The Balaban J connectivity index is 1.68. The van der Waals surface area contributed by atoms with Crippen LogP contribution in [0.5, 0.6) is 0 Å². The molecule has 2 heteroatoms. The average Bonchev–Trinajstić information content (AvgIpc) is 2.90. The van der Waals surface area contributed by atoms with Gasteiger partial charge in [0.15, 0.2) is 0 Å². The van der Waals surface area contributed by atoms with Gasteiger partial charge in [0.05, 0.1) is 0 Å². The van der Waals surface area contributed by atoms with E-state index in [2.05, 4.69) is 19.2 Å². The molecule has 2 rings (SSSR count). The molecule has 0 aromatic heterocycles. The van der Waals surface area contributed by atoms with Crippen LogP contribution in [-0.2, 0) is 0 Å². The summed E-state index contributed by atoms with van der Waals surface area (Å²) >= 11 is 0. The van der Waals surface area contributed by atoms with Crippen molar-refractivity contribution in [3.05, 3.63) is 0 Å². The Kier molecular flexibility index (Phi) is 2.16. The summed E-state index contributed by atoms with van der Waals surface area (Å²) in [5, 5.41) is 3.55. The summed E-state index contributed by atoms with van der Waals surface area (Å²) in [6, 6.07) is 0. The summed E-state index contributed by atoms with van der Waals surface area (Å²) in [6.45, 7) is 6.89. The normalized spacial score (nSPS) is 27.7. The third kappa shape index (κ3) is 2.05. The lowest BCUT2D eigenvalue weighted by molar-refractivity contribution is 0.333. The Bertz CT molecular complexity index is 190. The molecule has 13 heavy (non-hydrogen) atoms. The van der Waals surface area contributed by atoms with Gasteiger partial charge in [-0.1, -0.05) is 13.8 Å². The van der Waals surface area contributed by atoms with E-state index in [4.69, 9.17) is 5.73 Å². The summed E-state index contributed by atoms with van der Waals surface area (Å²) < 4.78 is 0. The van der Waals surface area contributed by atoms with Crippen LogP contribution in [0.3, 0.4) is 0 Å². The lowest BCUT2D eigenvalue weighted by atomic mass is 9.92. The number of hydrogen-bond acceptors (Lipinski definition) is 2. The number of rotatable bonds is 5. The molecule has 0 atom stereocenters. The molecule has 76 valence electrons. The van der Waals surface area contributed by atoms with E-state index in [1.54, 1.807) is 0 Å². The van der Waals surface area contributed by atoms with E-state index in [1.165, 1.54) is 32.2 Å². The van der Waals surface area contributed by atoms with Gasteiger partial charge < -0.3 is 11.1 Å². The molecule has 2 aliphatic rings. The maximum atomic E-state index is 6.01. The molecule has 0 bridgehead atoms. The van der Waals surface area contributed by atoms with E-state index in [1.807, 2.05) is 0 Å². The fourth-order valence-corrected chi connectivity index (χ4v) is 2.02. The zero-order chi connectivity index (χ0) is 9.53. The van der Waals surface area contributed by atoms with Gasteiger partial charge in [-0.15, -0.1) is 0 Å². The van der Waals surface area contributed by atoms with Gasteiger partial charge in [-0.05, 0) is 37.0 Å². The molecule has 0 aromatic carbocycles. The highest BCUT2D eigenvalue weighted by Gasteiger charge is 2.45. The molecule has 3 N–H and O–H groups in total. The minimum absolute atomic E-state index is 0.174. The smallest absolute Gasteiger partial charge is 0.0282 e. The largest absolute Gasteiger partial charge is 0.324 e. The molecule has 0 aromatic rings. The number of hydrogen-bond donors (Lipinski definition) is 2. The van der Waals surface area contributed by atoms with Gasteiger partial charge >= 0.3 is 0 Å². The molecule has 2 fully saturated rings. The molecule has 0 amide bonds. The molecular formula is C11H22N2. The van der Waals surface area contributed by atoms with E-state index in [9.17, 15) is 0 Å². The number of nitrogens with one attached hydrogen (secondary N) is 1. The van der Waals surface area contributed by atoms with Crippen LogP contribution < -0.4 is 11.1 Å². The second-order valence-electron chi connectivity index (χ2n) is 5.48. The van der Waals surface area contributed by atoms with Crippen LogP contribution in [0, 0.1) is 11.3 Å². The van der Waals surface area contributed by atoms with Gasteiger partial charge in [0.25, 0.3) is 0 Å². The fraction of sp³-hybridized carbons (Fsp3) is 1.00. The molecule has 2 saturated carbocycles. The topological polar surface area (TPSA) is 38.0 Å². The van der Waals surface area contributed by atoms with Gasteiger partial charge in [0, 0.05) is 18.6 Å². The van der Waals surface area contributed by atoms with Crippen LogP contribution in [0.15, 0.2) is 0 Å². The van der Waals surface area contributed by atoms with Gasteiger partial charge in [0.1, 0.15) is 0 Å². The first kappa shape index (κ1) is 9.47. The van der Waals surface area contributed by atoms with Crippen molar-refractivity contribution in [3.63, 3.8) is 0 Å². The molecular weight excluding hydrogens is 160 g/mol. The predicted octanol–water partition coefficient (Wildman–Crippen LogP) is 1.50. The first-order valence-corrected chi connectivity index (χ1v) is 5.56. The standard InChI is InChI=1S/C11H22N2/c1-9(2)10(3-4-10)7-13-8-11(12)5-6-11/h9,13H,3-8,12H2,1-2H3. The Labute approximate surface area is 81.3 Å². The zero-order valence-corrected chi connectivity index (χ0v) is 8.90. The summed E-state index contributed by atoms with van der Waals surface area (Å²) in [5.41, 5.74) is 6.81. The maximum Gasteiger partial charge on any atom is 0.0282 e. The van der Waals surface area contributed by atoms with Crippen molar-refractivity contribution < 1.29 is 0 Å². The number of nitrogens with two attached hydrogens (primary N) is 1. The summed E-state index contributed by atoms with van der Waals surface area (Å²) in [6.07, 6.45) is 5.26. The van der Waals surface area contributed by atoms with Crippen LogP contribution in [0.1, 0.15) is 39.5 Å². The highest BCUT2D eigenvalue weighted by atomic mass is 15.0. The van der Waals surface area contributed by atoms with Crippen molar-refractivity contribution in [2.45, 2.75) is 45.1 Å². The Morgan fingerprint density at radius 3 is 2.15 bits per heavy atom. The zero-order valence-electron chi connectivity index (χ0n) is 8.90. The first-order chi connectivity index (χ1) is 6.06. The second kappa shape index (κ2) is 2.96. The summed E-state index contributed by atoms with van der Waals surface area (Å²) in [5.74, 6) is 0.827. The molecule has 0 radical (unpaired) electrons. The lowest BCUT2D eigenvalue weighted by Crippen LogP contribution is -2.39. The molecule has 2 aliphatic carbocycles. The summed E-state index contributed by atoms with van der Waals surface area (Å²) in [7, 11) is 0. The Morgan fingerprint density at radius 1 is 1.15 bits per heavy atom. The third-order valence-electron chi connectivity index (χ3n) is 3.96. The highest BCUT2D eigenvalue weighted by Crippen LogP contribution is 2.51. The minimum atomic E-state index is 0.174. The van der Waals surface area contributed by atoms with Crippen molar-refractivity contribution >= 4 is 0 Å². The first-order valence-electron chi connectivity index (χ1n) is 5.56. The molecule has 0 unspecified atom stereocenters. The van der Waals surface area contributed by atoms with Gasteiger partial charge in [-0.2, -0.15) is 0 Å². The predicted molar refractivity (Wildman–Crippen MR) is 55.5 cm³/mol. The van der Waals surface area contributed by atoms with E-state index in [-0.39, 0.29) is 5.54 Å². The van der Waals surface area contributed by atoms with Crippen molar-refractivity contribution in [1.29, 1.82) is 0 Å². The summed E-state index contributed by atoms with van der Waals surface area (Å²) in [4.78, 5) is 0. The maximum absolute atomic E-state index is 6.01. The van der Waals surface area contributed by atoms with Crippen LogP contribution in [-0.4, -0.2) is 18.6 Å². The Morgan fingerprint density at radius 2 is 1.77 bits per heavy atom. The van der Waals surface area contributed by atoms with Crippen molar-refractivity contribution in [1.82, 2.24) is 5.32 Å². The molecule has 0 spiro atoms. The van der Waals surface area contributed by atoms with Gasteiger partial charge in [0.2, 0.25) is 0 Å². The molecule has 0 saturated heterocycles. The monoisotopic (exact) mass is 182 g/mol. The molecule has 0 aliphatic heterocycles. The van der Waals surface area contributed by atoms with Crippen molar-refractivity contribution in [2.24, 2.45) is 17.1 Å². The van der Waals surface area contributed by atoms with E-state index in [0.29, 0.717) is 5.41 Å². The quantitative estimate of drug-likeness (QED) is 0.676. The van der Waals surface area contributed by atoms with Crippen LogP contribution >= 0.6 is 0 Å². The van der Waals surface area contributed by atoms with Gasteiger partial charge in [-0.3, -0.25) is 0 Å². The Hall–Kier alpha value is -0.0800. The van der Waals surface area contributed by atoms with Crippen molar-refractivity contribution in [2.75, 3.05) is 13.1 Å². The van der Waals surface area contributed by atoms with Crippen LogP contribution in [0.4, 0.5) is 0 Å². The third-order valence-corrected chi connectivity index (χ3v) is 3.96. The van der Waals surface area contributed by atoms with E-state index < -0.39 is 0 Å².